The monoisotopic (exact) mass is 293 g/mol. The van der Waals surface area contributed by atoms with Gasteiger partial charge in [0.1, 0.15) is 0 Å². The van der Waals surface area contributed by atoms with Gasteiger partial charge in [0.05, 0.1) is 29.6 Å². The standard InChI is InChI=1S/C14H19N3O4/c1-14(21-2)4-3-5-17(9-14)13(20)16-11-6-10(12(18)19)7-15-8-11/h6-8H,3-5,9H2,1-2H3,(H,16,20)(H,18,19). The van der Waals surface area contributed by atoms with Crippen LogP contribution in [0.5, 0.6) is 0 Å². The van der Waals surface area contributed by atoms with Gasteiger partial charge >= 0.3 is 12.0 Å². The Morgan fingerprint density at radius 2 is 2.24 bits per heavy atom. The molecule has 1 aromatic rings. The highest BCUT2D eigenvalue weighted by atomic mass is 16.5. The number of carboxylic acid groups (broad SMARTS) is 1. The van der Waals surface area contributed by atoms with Crippen molar-refractivity contribution in [1.82, 2.24) is 9.88 Å². The quantitative estimate of drug-likeness (QED) is 0.886. The van der Waals surface area contributed by atoms with E-state index in [4.69, 9.17) is 9.84 Å². The van der Waals surface area contributed by atoms with Gasteiger partial charge < -0.3 is 20.1 Å². The van der Waals surface area contributed by atoms with Gasteiger partial charge in [-0.3, -0.25) is 4.98 Å². The Labute approximate surface area is 122 Å². The molecule has 0 aliphatic carbocycles. The van der Waals surface area contributed by atoms with Gasteiger partial charge in [-0.1, -0.05) is 0 Å². The first-order valence-electron chi connectivity index (χ1n) is 6.73. The number of aromatic carboxylic acids is 1. The molecule has 21 heavy (non-hydrogen) atoms. The normalized spacial score (nSPS) is 21.9. The third-order valence-corrected chi connectivity index (χ3v) is 3.68. The Morgan fingerprint density at radius 3 is 2.90 bits per heavy atom. The lowest BCUT2D eigenvalue weighted by Gasteiger charge is -2.39. The van der Waals surface area contributed by atoms with E-state index in [0.717, 1.165) is 12.8 Å². The van der Waals surface area contributed by atoms with Crippen LogP contribution in [-0.2, 0) is 4.74 Å². The number of carbonyl (C=O) groups excluding carboxylic acids is 1. The van der Waals surface area contributed by atoms with Crippen LogP contribution >= 0.6 is 0 Å². The minimum atomic E-state index is -1.08. The molecule has 0 radical (unpaired) electrons. The van der Waals surface area contributed by atoms with Gasteiger partial charge in [-0.15, -0.1) is 0 Å². The number of rotatable bonds is 3. The van der Waals surface area contributed by atoms with Crippen molar-refractivity contribution >= 4 is 17.7 Å². The predicted molar refractivity (Wildman–Crippen MR) is 76.4 cm³/mol. The number of nitrogens with zero attached hydrogens (tertiary/aromatic N) is 2. The van der Waals surface area contributed by atoms with E-state index in [0.29, 0.717) is 18.8 Å². The molecule has 7 nitrogen and oxygen atoms in total. The average Bonchev–Trinajstić information content (AvgIpc) is 2.47. The van der Waals surface area contributed by atoms with Crippen molar-refractivity contribution in [3.63, 3.8) is 0 Å². The number of hydrogen-bond acceptors (Lipinski definition) is 4. The first-order valence-corrected chi connectivity index (χ1v) is 6.73. The number of piperidine rings is 1. The van der Waals surface area contributed by atoms with Gasteiger partial charge in [-0.25, -0.2) is 9.59 Å². The minimum Gasteiger partial charge on any atom is -0.478 e. The summed E-state index contributed by atoms with van der Waals surface area (Å²) in [5.41, 5.74) is 0.0642. The van der Waals surface area contributed by atoms with Crippen LogP contribution in [-0.4, -0.2) is 52.8 Å². The van der Waals surface area contributed by atoms with Crippen LogP contribution in [0.2, 0.25) is 0 Å². The van der Waals surface area contributed by atoms with Crippen molar-refractivity contribution in [2.24, 2.45) is 0 Å². The second kappa shape index (κ2) is 6.09. The van der Waals surface area contributed by atoms with Gasteiger partial charge in [0.2, 0.25) is 0 Å². The molecule has 1 aliphatic heterocycles. The number of pyridine rings is 1. The molecule has 1 aromatic heterocycles. The highest BCUT2D eigenvalue weighted by Crippen LogP contribution is 2.24. The molecule has 2 heterocycles. The molecule has 1 unspecified atom stereocenters. The molecule has 114 valence electrons. The van der Waals surface area contributed by atoms with Crippen molar-refractivity contribution in [3.05, 3.63) is 24.0 Å². The Balaban J connectivity index is 2.04. The molecule has 2 rings (SSSR count). The van der Waals surface area contributed by atoms with Crippen LogP contribution in [0.4, 0.5) is 10.5 Å². The smallest absolute Gasteiger partial charge is 0.337 e. The van der Waals surface area contributed by atoms with E-state index in [1.165, 1.54) is 18.5 Å². The van der Waals surface area contributed by atoms with Crippen LogP contribution in [0.1, 0.15) is 30.1 Å². The molecule has 2 amide bonds. The van der Waals surface area contributed by atoms with E-state index in [2.05, 4.69) is 10.3 Å². The molecule has 0 spiro atoms. The molecule has 0 saturated carbocycles. The van der Waals surface area contributed by atoms with Crippen LogP contribution in [0.25, 0.3) is 0 Å². The number of ether oxygens (including phenoxy) is 1. The third kappa shape index (κ3) is 3.69. The lowest BCUT2D eigenvalue weighted by atomic mass is 9.95. The highest BCUT2D eigenvalue weighted by molar-refractivity contribution is 5.92. The van der Waals surface area contributed by atoms with Crippen LogP contribution in [0.15, 0.2) is 18.5 Å². The summed E-state index contributed by atoms with van der Waals surface area (Å²) in [7, 11) is 1.64. The first kappa shape index (κ1) is 15.2. The zero-order chi connectivity index (χ0) is 15.5. The molecule has 2 N–H and O–H groups in total. The number of hydrogen-bond donors (Lipinski definition) is 2. The molecule has 1 atom stereocenters. The second-order valence-corrected chi connectivity index (χ2v) is 5.38. The highest BCUT2D eigenvalue weighted by Gasteiger charge is 2.33. The maximum Gasteiger partial charge on any atom is 0.337 e. The Morgan fingerprint density at radius 1 is 1.48 bits per heavy atom. The fraction of sp³-hybridized carbons (Fsp3) is 0.500. The van der Waals surface area contributed by atoms with Crippen LogP contribution in [0, 0.1) is 0 Å². The van der Waals surface area contributed by atoms with E-state index < -0.39 is 5.97 Å². The Hall–Kier alpha value is -2.15. The summed E-state index contributed by atoms with van der Waals surface area (Å²) in [6, 6.07) is 1.11. The van der Waals surface area contributed by atoms with E-state index in [-0.39, 0.29) is 17.2 Å². The first-order chi connectivity index (χ1) is 9.93. The summed E-state index contributed by atoms with van der Waals surface area (Å²) in [4.78, 5) is 28.6. The number of likely N-dealkylation sites (tertiary alicyclic amines) is 1. The van der Waals surface area contributed by atoms with E-state index >= 15 is 0 Å². The predicted octanol–water partition coefficient (Wildman–Crippen LogP) is 1.81. The zero-order valence-corrected chi connectivity index (χ0v) is 12.1. The number of carbonyl (C=O) groups is 2. The number of aromatic nitrogens is 1. The van der Waals surface area contributed by atoms with Crippen molar-refractivity contribution in [2.75, 3.05) is 25.5 Å². The minimum absolute atomic E-state index is 0.0353. The largest absolute Gasteiger partial charge is 0.478 e. The molecule has 0 aromatic carbocycles. The van der Waals surface area contributed by atoms with Gasteiger partial charge in [0.25, 0.3) is 0 Å². The fourth-order valence-corrected chi connectivity index (χ4v) is 2.37. The lowest BCUT2D eigenvalue weighted by molar-refractivity contribution is -0.0389. The van der Waals surface area contributed by atoms with Gasteiger partial charge in [0.15, 0.2) is 0 Å². The third-order valence-electron chi connectivity index (χ3n) is 3.68. The van der Waals surface area contributed by atoms with Crippen LogP contribution < -0.4 is 5.32 Å². The zero-order valence-electron chi connectivity index (χ0n) is 12.1. The molecular formula is C14H19N3O4. The summed E-state index contributed by atoms with van der Waals surface area (Å²) in [6.45, 7) is 3.12. The topological polar surface area (TPSA) is 91.8 Å². The van der Waals surface area contributed by atoms with Crippen molar-refractivity contribution in [3.8, 4) is 0 Å². The fourth-order valence-electron chi connectivity index (χ4n) is 2.37. The van der Waals surface area contributed by atoms with E-state index in [1.54, 1.807) is 12.0 Å². The van der Waals surface area contributed by atoms with Crippen molar-refractivity contribution in [1.29, 1.82) is 0 Å². The molecular weight excluding hydrogens is 274 g/mol. The van der Waals surface area contributed by atoms with Gasteiger partial charge in [-0.2, -0.15) is 0 Å². The number of urea groups is 1. The summed E-state index contributed by atoms with van der Waals surface area (Å²) in [6.07, 6.45) is 4.43. The summed E-state index contributed by atoms with van der Waals surface area (Å²) in [5.74, 6) is -1.08. The SMILES string of the molecule is COC1(C)CCCN(C(=O)Nc2cncc(C(=O)O)c2)C1. The summed E-state index contributed by atoms with van der Waals surface area (Å²) < 4.78 is 5.45. The Kier molecular flexibility index (Phi) is 4.42. The summed E-state index contributed by atoms with van der Waals surface area (Å²) in [5, 5.41) is 11.6. The number of amides is 2. The average molecular weight is 293 g/mol. The molecule has 1 aliphatic rings. The van der Waals surface area contributed by atoms with Gasteiger partial charge in [-0.05, 0) is 25.8 Å². The number of carboxylic acids is 1. The second-order valence-electron chi connectivity index (χ2n) is 5.38. The molecule has 1 fully saturated rings. The van der Waals surface area contributed by atoms with Crippen molar-refractivity contribution < 1.29 is 19.4 Å². The van der Waals surface area contributed by atoms with E-state index in [1.807, 2.05) is 6.92 Å². The van der Waals surface area contributed by atoms with Gasteiger partial charge in [0, 0.05) is 19.9 Å². The number of methoxy groups -OCH3 is 1. The molecule has 0 bridgehead atoms. The maximum atomic E-state index is 12.2. The van der Waals surface area contributed by atoms with Crippen molar-refractivity contribution in [2.45, 2.75) is 25.4 Å². The maximum absolute atomic E-state index is 12.2. The van der Waals surface area contributed by atoms with Crippen LogP contribution in [0.3, 0.4) is 0 Å². The lowest BCUT2D eigenvalue weighted by Crippen LogP contribution is -2.50. The Bertz CT molecular complexity index is 549. The van der Waals surface area contributed by atoms with E-state index in [9.17, 15) is 9.59 Å². The number of anilines is 1. The molecule has 1 saturated heterocycles. The molecule has 7 heteroatoms. The number of nitrogens with one attached hydrogen (secondary N) is 1. The summed E-state index contributed by atoms with van der Waals surface area (Å²) >= 11 is 0.